The molecule has 1 saturated heterocycles. The fourth-order valence-corrected chi connectivity index (χ4v) is 2.06. The molecule has 1 heterocycles. The second-order valence-electron chi connectivity index (χ2n) is 4.63. The highest BCUT2D eigenvalue weighted by Gasteiger charge is 2.13. The van der Waals surface area contributed by atoms with E-state index in [9.17, 15) is 0 Å². The van der Waals surface area contributed by atoms with Gasteiger partial charge in [-0.3, -0.25) is 0 Å². The zero-order chi connectivity index (χ0) is 12.1. The SMILES string of the molecule is CNCc1cccc(NN2CCN(C)CC2)c1. The number of hydrogen-bond donors (Lipinski definition) is 2. The van der Waals surface area contributed by atoms with E-state index in [4.69, 9.17) is 0 Å². The van der Waals surface area contributed by atoms with Crippen molar-refractivity contribution in [2.24, 2.45) is 0 Å². The van der Waals surface area contributed by atoms with Gasteiger partial charge in [-0.1, -0.05) is 12.1 Å². The molecule has 1 aliphatic rings. The lowest BCUT2D eigenvalue weighted by molar-refractivity contribution is 0.179. The third kappa shape index (κ3) is 3.70. The maximum Gasteiger partial charge on any atom is 0.0493 e. The first kappa shape index (κ1) is 12.4. The van der Waals surface area contributed by atoms with Crippen molar-refractivity contribution in [3.8, 4) is 0 Å². The molecule has 0 bridgehead atoms. The second-order valence-corrected chi connectivity index (χ2v) is 4.63. The van der Waals surface area contributed by atoms with Gasteiger partial charge in [-0.2, -0.15) is 0 Å². The van der Waals surface area contributed by atoms with Crippen molar-refractivity contribution in [2.75, 3.05) is 45.7 Å². The van der Waals surface area contributed by atoms with Crippen molar-refractivity contribution in [3.05, 3.63) is 29.8 Å². The van der Waals surface area contributed by atoms with E-state index >= 15 is 0 Å². The van der Waals surface area contributed by atoms with Crippen LogP contribution in [0.3, 0.4) is 0 Å². The molecule has 0 atom stereocenters. The lowest BCUT2D eigenvalue weighted by Gasteiger charge is -2.33. The van der Waals surface area contributed by atoms with Crippen LogP contribution in [0.2, 0.25) is 0 Å². The highest BCUT2D eigenvalue weighted by atomic mass is 15.5. The normalized spacial score (nSPS) is 18.2. The molecule has 0 amide bonds. The van der Waals surface area contributed by atoms with Gasteiger partial charge >= 0.3 is 0 Å². The summed E-state index contributed by atoms with van der Waals surface area (Å²) in [5, 5.41) is 5.46. The highest BCUT2D eigenvalue weighted by Crippen LogP contribution is 2.12. The van der Waals surface area contributed by atoms with Crippen molar-refractivity contribution < 1.29 is 0 Å². The minimum atomic E-state index is 0.915. The Morgan fingerprint density at radius 1 is 1.18 bits per heavy atom. The average molecular weight is 234 g/mol. The summed E-state index contributed by atoms with van der Waals surface area (Å²) in [6.07, 6.45) is 0. The van der Waals surface area contributed by atoms with Gasteiger partial charge in [-0.15, -0.1) is 0 Å². The Morgan fingerprint density at radius 3 is 2.65 bits per heavy atom. The zero-order valence-corrected chi connectivity index (χ0v) is 10.7. The van der Waals surface area contributed by atoms with Gasteiger partial charge in [0.25, 0.3) is 0 Å². The van der Waals surface area contributed by atoms with Gasteiger partial charge < -0.3 is 15.6 Å². The Bertz CT molecular complexity index is 345. The third-order valence-electron chi connectivity index (χ3n) is 3.10. The van der Waals surface area contributed by atoms with Gasteiger partial charge in [-0.25, -0.2) is 5.01 Å². The van der Waals surface area contributed by atoms with Crippen LogP contribution in [0.4, 0.5) is 5.69 Å². The summed E-state index contributed by atoms with van der Waals surface area (Å²) in [6, 6.07) is 8.57. The summed E-state index contributed by atoms with van der Waals surface area (Å²) in [5.74, 6) is 0. The lowest BCUT2D eigenvalue weighted by atomic mass is 10.2. The van der Waals surface area contributed by atoms with Crippen LogP contribution >= 0.6 is 0 Å². The second kappa shape index (κ2) is 6.00. The molecule has 1 fully saturated rings. The van der Waals surface area contributed by atoms with Crippen LogP contribution in [0, 0.1) is 0 Å². The van der Waals surface area contributed by atoms with Crippen molar-refractivity contribution in [3.63, 3.8) is 0 Å². The number of benzene rings is 1. The van der Waals surface area contributed by atoms with Gasteiger partial charge in [0.05, 0.1) is 0 Å². The summed E-state index contributed by atoms with van der Waals surface area (Å²) >= 11 is 0. The summed E-state index contributed by atoms with van der Waals surface area (Å²) in [4.78, 5) is 2.36. The third-order valence-corrected chi connectivity index (χ3v) is 3.10. The molecule has 2 N–H and O–H groups in total. The number of hydrogen-bond acceptors (Lipinski definition) is 4. The fourth-order valence-electron chi connectivity index (χ4n) is 2.06. The number of anilines is 1. The number of piperazine rings is 1. The first-order chi connectivity index (χ1) is 8.28. The molecule has 0 spiro atoms. The molecule has 4 heteroatoms. The molecule has 0 aliphatic carbocycles. The number of rotatable bonds is 4. The van der Waals surface area contributed by atoms with Crippen LogP contribution in [0.5, 0.6) is 0 Å². The highest BCUT2D eigenvalue weighted by molar-refractivity contribution is 5.44. The summed E-state index contributed by atoms with van der Waals surface area (Å²) in [5.41, 5.74) is 5.97. The number of likely N-dealkylation sites (N-methyl/N-ethyl adjacent to an activating group) is 1. The maximum atomic E-state index is 3.48. The van der Waals surface area contributed by atoms with Gasteiger partial charge in [0.15, 0.2) is 0 Å². The quantitative estimate of drug-likeness (QED) is 0.813. The standard InChI is InChI=1S/C13H22N4/c1-14-11-12-4-3-5-13(10-12)15-17-8-6-16(2)7-9-17/h3-5,10,14-15H,6-9,11H2,1-2H3. The molecule has 0 unspecified atom stereocenters. The lowest BCUT2D eigenvalue weighted by Crippen LogP contribution is -2.46. The Kier molecular flexibility index (Phi) is 4.36. The monoisotopic (exact) mass is 234 g/mol. The minimum absolute atomic E-state index is 0.915. The Labute approximate surface area is 104 Å². The largest absolute Gasteiger partial charge is 0.319 e. The Hall–Kier alpha value is -1.10. The van der Waals surface area contributed by atoms with Crippen LogP contribution in [-0.2, 0) is 6.54 Å². The molecule has 2 rings (SSSR count). The predicted octanol–water partition coefficient (Wildman–Crippen LogP) is 0.980. The molecule has 0 saturated carbocycles. The topological polar surface area (TPSA) is 30.5 Å². The molecular weight excluding hydrogens is 212 g/mol. The molecule has 1 aliphatic heterocycles. The molecule has 0 radical (unpaired) electrons. The molecule has 17 heavy (non-hydrogen) atoms. The fraction of sp³-hybridized carbons (Fsp3) is 0.538. The maximum absolute atomic E-state index is 3.48. The van der Waals surface area contributed by atoms with Crippen LogP contribution in [0.15, 0.2) is 24.3 Å². The first-order valence-corrected chi connectivity index (χ1v) is 6.21. The Balaban J connectivity index is 1.91. The van der Waals surface area contributed by atoms with Gasteiger partial charge in [0, 0.05) is 38.4 Å². The molecule has 94 valence electrons. The van der Waals surface area contributed by atoms with E-state index in [-0.39, 0.29) is 0 Å². The number of nitrogens with one attached hydrogen (secondary N) is 2. The van der Waals surface area contributed by atoms with Crippen molar-refractivity contribution in [1.29, 1.82) is 0 Å². The molecule has 1 aromatic rings. The zero-order valence-electron chi connectivity index (χ0n) is 10.7. The van der Waals surface area contributed by atoms with Crippen molar-refractivity contribution >= 4 is 5.69 Å². The molecule has 1 aromatic carbocycles. The number of hydrazine groups is 1. The summed E-state index contributed by atoms with van der Waals surface area (Å²) < 4.78 is 0. The molecule has 4 nitrogen and oxygen atoms in total. The Morgan fingerprint density at radius 2 is 1.94 bits per heavy atom. The molecule has 0 aromatic heterocycles. The van der Waals surface area contributed by atoms with E-state index in [0.29, 0.717) is 0 Å². The van der Waals surface area contributed by atoms with Crippen LogP contribution < -0.4 is 10.7 Å². The van der Waals surface area contributed by atoms with Crippen LogP contribution in [-0.4, -0.2) is 50.2 Å². The van der Waals surface area contributed by atoms with Gasteiger partial charge in [0.1, 0.15) is 0 Å². The van der Waals surface area contributed by atoms with E-state index in [1.54, 1.807) is 0 Å². The van der Waals surface area contributed by atoms with E-state index in [1.807, 2.05) is 7.05 Å². The molecular formula is C13H22N4. The van der Waals surface area contributed by atoms with Crippen molar-refractivity contribution in [2.45, 2.75) is 6.54 Å². The predicted molar refractivity (Wildman–Crippen MR) is 71.9 cm³/mol. The van der Waals surface area contributed by atoms with Crippen LogP contribution in [0.1, 0.15) is 5.56 Å². The van der Waals surface area contributed by atoms with E-state index in [1.165, 1.54) is 11.3 Å². The van der Waals surface area contributed by atoms with E-state index in [0.717, 1.165) is 32.7 Å². The van der Waals surface area contributed by atoms with Gasteiger partial charge in [-0.05, 0) is 31.8 Å². The summed E-state index contributed by atoms with van der Waals surface area (Å²) in [7, 11) is 4.14. The van der Waals surface area contributed by atoms with Gasteiger partial charge in [0.2, 0.25) is 0 Å². The smallest absolute Gasteiger partial charge is 0.0493 e. The average Bonchev–Trinajstić information content (AvgIpc) is 2.33. The van der Waals surface area contributed by atoms with Crippen LogP contribution in [0.25, 0.3) is 0 Å². The van der Waals surface area contributed by atoms with E-state index < -0.39 is 0 Å². The minimum Gasteiger partial charge on any atom is -0.319 e. The summed E-state index contributed by atoms with van der Waals surface area (Å²) in [6.45, 7) is 5.32. The first-order valence-electron chi connectivity index (χ1n) is 6.21. The number of nitrogens with zero attached hydrogens (tertiary/aromatic N) is 2. The van der Waals surface area contributed by atoms with Crippen molar-refractivity contribution in [1.82, 2.24) is 15.2 Å². The van der Waals surface area contributed by atoms with E-state index in [2.05, 4.69) is 52.0 Å².